The van der Waals surface area contributed by atoms with Gasteiger partial charge in [0.05, 0.1) is 4.90 Å². The summed E-state index contributed by atoms with van der Waals surface area (Å²) < 4.78 is 28.2. The van der Waals surface area contributed by atoms with Gasteiger partial charge < -0.3 is 10.1 Å². The Balaban J connectivity index is 2.95. The van der Waals surface area contributed by atoms with E-state index in [1.807, 2.05) is 27.7 Å². The zero-order valence-electron chi connectivity index (χ0n) is 12.7. The molecule has 7 heteroatoms. The molecule has 1 amide bonds. The molecule has 0 unspecified atom stereocenters. The molecule has 0 aromatic heterocycles. The number of amides is 1. The molecular weight excluding hydrogens is 292 g/mol. The SMILES string of the molecule is CC(C)NC(=O)COc1ccc(S(N)(=O)=O)cc1C(C)C. The number of carbonyl (C=O) groups excluding carboxylic acids is 1. The highest BCUT2D eigenvalue weighted by atomic mass is 32.2. The lowest BCUT2D eigenvalue weighted by Gasteiger charge is -2.15. The summed E-state index contributed by atoms with van der Waals surface area (Å²) in [4.78, 5) is 11.6. The molecule has 118 valence electrons. The molecule has 0 spiro atoms. The summed E-state index contributed by atoms with van der Waals surface area (Å²) in [5.74, 6) is 0.293. The molecule has 1 aromatic carbocycles. The van der Waals surface area contributed by atoms with Crippen LogP contribution in [0.15, 0.2) is 23.1 Å². The molecule has 3 N–H and O–H groups in total. The van der Waals surface area contributed by atoms with Crippen molar-refractivity contribution in [3.05, 3.63) is 23.8 Å². The minimum atomic E-state index is -3.76. The van der Waals surface area contributed by atoms with Crippen molar-refractivity contribution in [3.63, 3.8) is 0 Å². The van der Waals surface area contributed by atoms with Gasteiger partial charge in [0.15, 0.2) is 6.61 Å². The number of rotatable bonds is 6. The minimum Gasteiger partial charge on any atom is -0.483 e. The zero-order chi connectivity index (χ0) is 16.2. The summed E-state index contributed by atoms with van der Waals surface area (Å²) in [6.45, 7) is 7.41. The first-order valence-electron chi connectivity index (χ1n) is 6.70. The Hall–Kier alpha value is -1.60. The van der Waals surface area contributed by atoms with E-state index in [1.54, 1.807) is 0 Å². The van der Waals surface area contributed by atoms with Crippen molar-refractivity contribution in [2.24, 2.45) is 5.14 Å². The number of nitrogens with two attached hydrogens (primary N) is 1. The lowest BCUT2D eigenvalue weighted by atomic mass is 10.0. The van der Waals surface area contributed by atoms with Crippen LogP contribution in [0.2, 0.25) is 0 Å². The molecule has 0 atom stereocenters. The van der Waals surface area contributed by atoms with Crippen LogP contribution in [0.5, 0.6) is 5.75 Å². The Morgan fingerprint density at radius 3 is 2.38 bits per heavy atom. The highest BCUT2D eigenvalue weighted by Gasteiger charge is 2.15. The lowest BCUT2D eigenvalue weighted by Crippen LogP contribution is -2.34. The van der Waals surface area contributed by atoms with Gasteiger partial charge in [0.1, 0.15) is 5.75 Å². The number of carbonyl (C=O) groups is 1. The van der Waals surface area contributed by atoms with Crippen LogP contribution in [0.4, 0.5) is 0 Å². The van der Waals surface area contributed by atoms with Crippen molar-refractivity contribution in [1.82, 2.24) is 5.32 Å². The molecular formula is C14H22N2O4S. The molecule has 0 fully saturated rings. The fourth-order valence-electron chi connectivity index (χ4n) is 1.79. The van der Waals surface area contributed by atoms with Crippen molar-refractivity contribution < 1.29 is 17.9 Å². The summed E-state index contributed by atoms with van der Waals surface area (Å²) in [5.41, 5.74) is 0.693. The fraction of sp³-hybridized carbons (Fsp3) is 0.500. The van der Waals surface area contributed by atoms with Gasteiger partial charge in [-0.25, -0.2) is 13.6 Å². The predicted molar refractivity (Wildman–Crippen MR) is 80.7 cm³/mol. The van der Waals surface area contributed by atoms with Gasteiger partial charge in [-0.2, -0.15) is 0 Å². The van der Waals surface area contributed by atoms with Gasteiger partial charge >= 0.3 is 0 Å². The van der Waals surface area contributed by atoms with Crippen LogP contribution in [0.1, 0.15) is 39.2 Å². The van der Waals surface area contributed by atoms with Crippen LogP contribution in [-0.2, 0) is 14.8 Å². The smallest absolute Gasteiger partial charge is 0.258 e. The number of hydrogen-bond donors (Lipinski definition) is 2. The molecule has 0 aliphatic rings. The minimum absolute atomic E-state index is 0.0326. The van der Waals surface area contributed by atoms with E-state index in [0.29, 0.717) is 11.3 Å². The number of nitrogens with one attached hydrogen (secondary N) is 1. The standard InChI is InChI=1S/C14H22N2O4S/c1-9(2)12-7-11(21(15,18)19)5-6-13(12)20-8-14(17)16-10(3)4/h5-7,9-10H,8H2,1-4H3,(H,16,17)(H2,15,18,19). The van der Waals surface area contributed by atoms with E-state index in [0.717, 1.165) is 0 Å². The Bertz CT molecular complexity index is 609. The number of ether oxygens (including phenoxy) is 1. The second kappa shape index (κ2) is 6.91. The molecule has 0 radical (unpaired) electrons. The summed E-state index contributed by atoms with van der Waals surface area (Å²) >= 11 is 0. The third kappa shape index (κ3) is 5.35. The Morgan fingerprint density at radius 1 is 1.29 bits per heavy atom. The molecule has 0 saturated carbocycles. The highest BCUT2D eigenvalue weighted by molar-refractivity contribution is 7.89. The third-order valence-electron chi connectivity index (χ3n) is 2.74. The maximum atomic E-state index is 11.6. The lowest BCUT2D eigenvalue weighted by molar-refractivity contribution is -0.123. The van der Waals surface area contributed by atoms with E-state index in [4.69, 9.17) is 9.88 Å². The van der Waals surface area contributed by atoms with E-state index in [9.17, 15) is 13.2 Å². The van der Waals surface area contributed by atoms with Crippen LogP contribution in [0.25, 0.3) is 0 Å². The van der Waals surface area contributed by atoms with Gasteiger partial charge in [-0.3, -0.25) is 4.79 Å². The Morgan fingerprint density at radius 2 is 1.90 bits per heavy atom. The number of primary sulfonamides is 1. The van der Waals surface area contributed by atoms with Crippen LogP contribution >= 0.6 is 0 Å². The van der Waals surface area contributed by atoms with Crippen molar-refractivity contribution in [2.75, 3.05) is 6.61 Å². The van der Waals surface area contributed by atoms with Crippen molar-refractivity contribution in [1.29, 1.82) is 0 Å². The number of hydrogen-bond acceptors (Lipinski definition) is 4. The normalized spacial score (nSPS) is 11.8. The molecule has 0 aliphatic carbocycles. The first kappa shape index (κ1) is 17.5. The van der Waals surface area contributed by atoms with Crippen LogP contribution in [0, 0.1) is 0 Å². The first-order chi connectivity index (χ1) is 9.61. The molecule has 0 heterocycles. The maximum Gasteiger partial charge on any atom is 0.258 e. The maximum absolute atomic E-state index is 11.6. The third-order valence-corrected chi connectivity index (χ3v) is 3.65. The van der Waals surface area contributed by atoms with Crippen LogP contribution in [-0.4, -0.2) is 27.0 Å². The van der Waals surface area contributed by atoms with Gasteiger partial charge in [0.2, 0.25) is 10.0 Å². The largest absolute Gasteiger partial charge is 0.483 e. The topological polar surface area (TPSA) is 98.5 Å². The summed E-state index contributed by atoms with van der Waals surface area (Å²) in [7, 11) is -3.76. The fourth-order valence-corrected chi connectivity index (χ4v) is 2.34. The van der Waals surface area contributed by atoms with E-state index in [2.05, 4.69) is 5.32 Å². The first-order valence-corrected chi connectivity index (χ1v) is 8.24. The zero-order valence-corrected chi connectivity index (χ0v) is 13.5. The number of benzene rings is 1. The van der Waals surface area contributed by atoms with E-state index >= 15 is 0 Å². The van der Waals surface area contributed by atoms with Gasteiger partial charge in [-0.1, -0.05) is 13.8 Å². The van der Waals surface area contributed by atoms with Crippen molar-refractivity contribution in [3.8, 4) is 5.75 Å². The molecule has 1 rings (SSSR count). The number of sulfonamides is 1. The average molecular weight is 314 g/mol. The van der Waals surface area contributed by atoms with Gasteiger partial charge in [0.25, 0.3) is 5.91 Å². The highest BCUT2D eigenvalue weighted by Crippen LogP contribution is 2.28. The van der Waals surface area contributed by atoms with Crippen molar-refractivity contribution in [2.45, 2.75) is 44.6 Å². The van der Waals surface area contributed by atoms with Crippen LogP contribution in [0.3, 0.4) is 0 Å². The molecule has 0 aliphatic heterocycles. The van der Waals surface area contributed by atoms with Gasteiger partial charge in [-0.15, -0.1) is 0 Å². The monoisotopic (exact) mass is 314 g/mol. The van der Waals surface area contributed by atoms with Gasteiger partial charge in [-0.05, 0) is 43.5 Å². The quantitative estimate of drug-likeness (QED) is 0.828. The Labute approximate surface area is 125 Å². The summed E-state index contributed by atoms with van der Waals surface area (Å²) in [6, 6.07) is 4.42. The average Bonchev–Trinajstić information content (AvgIpc) is 2.34. The second-order valence-corrected chi connectivity index (χ2v) is 6.97. The Kier molecular flexibility index (Phi) is 5.74. The molecule has 6 nitrogen and oxygen atoms in total. The molecule has 0 bridgehead atoms. The van der Waals surface area contributed by atoms with Gasteiger partial charge in [0, 0.05) is 6.04 Å². The van der Waals surface area contributed by atoms with E-state index in [-0.39, 0.29) is 29.4 Å². The van der Waals surface area contributed by atoms with E-state index < -0.39 is 10.0 Å². The van der Waals surface area contributed by atoms with Crippen LogP contribution < -0.4 is 15.2 Å². The second-order valence-electron chi connectivity index (χ2n) is 5.41. The van der Waals surface area contributed by atoms with E-state index in [1.165, 1.54) is 18.2 Å². The molecule has 21 heavy (non-hydrogen) atoms. The molecule has 0 saturated heterocycles. The summed E-state index contributed by atoms with van der Waals surface area (Å²) in [5, 5.41) is 7.84. The summed E-state index contributed by atoms with van der Waals surface area (Å²) in [6.07, 6.45) is 0. The van der Waals surface area contributed by atoms with Crippen molar-refractivity contribution >= 4 is 15.9 Å². The predicted octanol–water partition coefficient (Wildman–Crippen LogP) is 1.36. The molecule has 1 aromatic rings.